The van der Waals surface area contributed by atoms with Crippen molar-refractivity contribution in [1.29, 1.82) is 0 Å². The molecule has 0 saturated heterocycles. The molecule has 3 N–H and O–H groups in total. The zero-order valence-electron chi connectivity index (χ0n) is 12.2. The van der Waals surface area contributed by atoms with Crippen molar-refractivity contribution in [2.75, 3.05) is 45.9 Å². The fraction of sp³-hybridized carbons (Fsp3) is 0.923. The van der Waals surface area contributed by atoms with E-state index < -0.39 is 0 Å². The van der Waals surface area contributed by atoms with Crippen LogP contribution in [0.4, 0.5) is 0 Å². The van der Waals surface area contributed by atoms with Gasteiger partial charge in [0.05, 0.1) is 0 Å². The van der Waals surface area contributed by atoms with E-state index in [1.54, 1.807) is 0 Å². The van der Waals surface area contributed by atoms with Gasteiger partial charge in [0.15, 0.2) is 5.96 Å². The molecule has 108 valence electrons. The lowest BCUT2D eigenvalue weighted by Crippen LogP contribution is -2.34. The lowest BCUT2D eigenvalue weighted by atomic mass is 10.3. The lowest BCUT2D eigenvalue weighted by molar-refractivity contribution is 0.146. The first-order valence-electron chi connectivity index (χ1n) is 7.08. The van der Waals surface area contributed by atoms with Crippen molar-refractivity contribution >= 4 is 5.96 Å². The van der Waals surface area contributed by atoms with Crippen molar-refractivity contribution in [2.24, 2.45) is 10.7 Å². The number of ether oxygens (including phenoxy) is 1. The van der Waals surface area contributed by atoms with Crippen LogP contribution in [0.3, 0.4) is 0 Å². The van der Waals surface area contributed by atoms with Gasteiger partial charge >= 0.3 is 0 Å². The standard InChI is InChI=1S/C13H30N4O/c1-4-17(5-2)11-7-9-15-13(14)16-10-8-12-18-6-3/h4-12H2,1-3H3,(H3,14,15,16). The molecule has 0 heterocycles. The Bertz CT molecular complexity index is 205. The summed E-state index contributed by atoms with van der Waals surface area (Å²) in [7, 11) is 0. The highest BCUT2D eigenvalue weighted by molar-refractivity contribution is 5.77. The van der Waals surface area contributed by atoms with Crippen LogP contribution in [0, 0.1) is 0 Å². The molecule has 0 unspecified atom stereocenters. The number of aliphatic imine (C=N–C) groups is 1. The minimum Gasteiger partial charge on any atom is -0.382 e. The molecular weight excluding hydrogens is 228 g/mol. The lowest BCUT2D eigenvalue weighted by Gasteiger charge is -2.17. The van der Waals surface area contributed by atoms with Crippen molar-refractivity contribution in [2.45, 2.75) is 33.6 Å². The molecule has 0 aromatic carbocycles. The summed E-state index contributed by atoms with van der Waals surface area (Å²) in [6.07, 6.45) is 2.02. The van der Waals surface area contributed by atoms with Gasteiger partial charge < -0.3 is 20.7 Å². The van der Waals surface area contributed by atoms with Crippen LogP contribution in [-0.2, 0) is 4.74 Å². The average Bonchev–Trinajstić information content (AvgIpc) is 2.39. The number of hydrogen-bond acceptors (Lipinski definition) is 3. The van der Waals surface area contributed by atoms with Gasteiger partial charge in [0.1, 0.15) is 0 Å². The Morgan fingerprint density at radius 3 is 2.56 bits per heavy atom. The Hall–Kier alpha value is -0.810. The first kappa shape index (κ1) is 17.2. The minimum absolute atomic E-state index is 0.547. The molecule has 0 saturated carbocycles. The molecule has 0 spiro atoms. The maximum atomic E-state index is 5.75. The third kappa shape index (κ3) is 10.4. The maximum Gasteiger partial charge on any atom is 0.188 e. The number of nitrogens with zero attached hydrogens (tertiary/aromatic N) is 2. The average molecular weight is 258 g/mol. The van der Waals surface area contributed by atoms with Gasteiger partial charge in [-0.05, 0) is 39.4 Å². The summed E-state index contributed by atoms with van der Waals surface area (Å²) < 4.78 is 5.23. The molecule has 18 heavy (non-hydrogen) atoms. The number of guanidine groups is 1. The monoisotopic (exact) mass is 258 g/mol. The summed E-state index contributed by atoms with van der Waals surface area (Å²) in [5, 5.41) is 3.14. The van der Waals surface area contributed by atoms with Crippen molar-refractivity contribution in [3.05, 3.63) is 0 Å². The van der Waals surface area contributed by atoms with Gasteiger partial charge in [-0.1, -0.05) is 13.8 Å². The Kier molecular flexibility index (Phi) is 12.1. The zero-order chi connectivity index (χ0) is 13.6. The van der Waals surface area contributed by atoms with E-state index in [2.05, 4.69) is 29.1 Å². The zero-order valence-corrected chi connectivity index (χ0v) is 12.2. The van der Waals surface area contributed by atoms with Gasteiger partial charge in [-0.25, -0.2) is 0 Å². The Labute approximate surface area is 112 Å². The summed E-state index contributed by atoms with van der Waals surface area (Å²) in [5.74, 6) is 0.547. The summed E-state index contributed by atoms with van der Waals surface area (Å²) in [5.41, 5.74) is 5.75. The van der Waals surface area contributed by atoms with E-state index in [4.69, 9.17) is 10.5 Å². The van der Waals surface area contributed by atoms with Gasteiger partial charge in [0, 0.05) is 26.3 Å². The second-order valence-corrected chi connectivity index (χ2v) is 4.12. The van der Waals surface area contributed by atoms with Gasteiger partial charge in [0.2, 0.25) is 0 Å². The quantitative estimate of drug-likeness (QED) is 0.330. The number of rotatable bonds is 11. The number of hydrogen-bond donors (Lipinski definition) is 2. The summed E-state index contributed by atoms with van der Waals surface area (Å²) >= 11 is 0. The summed E-state index contributed by atoms with van der Waals surface area (Å²) in [4.78, 5) is 6.64. The van der Waals surface area contributed by atoms with Crippen molar-refractivity contribution < 1.29 is 4.74 Å². The highest BCUT2D eigenvalue weighted by Crippen LogP contribution is 1.89. The van der Waals surface area contributed by atoms with Gasteiger partial charge in [-0.2, -0.15) is 0 Å². The van der Waals surface area contributed by atoms with Gasteiger partial charge in [-0.3, -0.25) is 4.99 Å². The predicted octanol–water partition coefficient (Wildman–Crippen LogP) is 1.05. The third-order valence-corrected chi connectivity index (χ3v) is 2.78. The van der Waals surface area contributed by atoms with Crippen molar-refractivity contribution in [1.82, 2.24) is 10.2 Å². The molecule has 0 rings (SSSR count). The van der Waals surface area contributed by atoms with Crippen LogP contribution in [0.2, 0.25) is 0 Å². The molecular formula is C13H30N4O. The highest BCUT2D eigenvalue weighted by atomic mass is 16.5. The predicted molar refractivity (Wildman–Crippen MR) is 78.0 cm³/mol. The highest BCUT2D eigenvalue weighted by Gasteiger charge is 1.98. The Morgan fingerprint density at radius 2 is 1.94 bits per heavy atom. The molecule has 0 aliphatic rings. The van der Waals surface area contributed by atoms with Crippen LogP contribution in [0.25, 0.3) is 0 Å². The second kappa shape index (κ2) is 12.6. The van der Waals surface area contributed by atoms with E-state index in [0.717, 1.165) is 58.8 Å². The van der Waals surface area contributed by atoms with Gasteiger partial charge in [0.25, 0.3) is 0 Å². The Morgan fingerprint density at radius 1 is 1.22 bits per heavy atom. The maximum absolute atomic E-state index is 5.75. The first-order chi connectivity index (χ1) is 8.74. The molecule has 0 aliphatic heterocycles. The molecule has 0 aliphatic carbocycles. The van der Waals surface area contributed by atoms with Crippen LogP contribution < -0.4 is 11.1 Å². The SMILES string of the molecule is CCOCCCN=C(N)NCCCN(CC)CC. The first-order valence-corrected chi connectivity index (χ1v) is 7.08. The number of nitrogens with two attached hydrogens (primary N) is 1. The van der Waals surface area contributed by atoms with E-state index in [1.807, 2.05) is 6.92 Å². The molecule has 0 aromatic heterocycles. The fourth-order valence-corrected chi connectivity index (χ4v) is 1.63. The topological polar surface area (TPSA) is 62.9 Å². The largest absolute Gasteiger partial charge is 0.382 e. The van der Waals surface area contributed by atoms with E-state index in [0.29, 0.717) is 5.96 Å². The third-order valence-electron chi connectivity index (χ3n) is 2.78. The van der Waals surface area contributed by atoms with Crippen LogP contribution in [0.15, 0.2) is 4.99 Å². The van der Waals surface area contributed by atoms with Crippen molar-refractivity contribution in [3.63, 3.8) is 0 Å². The summed E-state index contributed by atoms with van der Waals surface area (Å²) in [6, 6.07) is 0. The number of nitrogens with one attached hydrogen (secondary N) is 1. The molecule has 5 heteroatoms. The van der Waals surface area contributed by atoms with Gasteiger partial charge in [-0.15, -0.1) is 0 Å². The van der Waals surface area contributed by atoms with E-state index in [-0.39, 0.29) is 0 Å². The van der Waals surface area contributed by atoms with Crippen LogP contribution >= 0.6 is 0 Å². The van der Waals surface area contributed by atoms with Crippen molar-refractivity contribution in [3.8, 4) is 0 Å². The van der Waals surface area contributed by atoms with Crippen LogP contribution in [-0.4, -0.2) is 56.8 Å². The second-order valence-electron chi connectivity index (χ2n) is 4.12. The Balaban J connectivity index is 3.45. The van der Waals surface area contributed by atoms with Crippen LogP contribution in [0.5, 0.6) is 0 Å². The van der Waals surface area contributed by atoms with E-state index >= 15 is 0 Å². The van der Waals surface area contributed by atoms with Crippen LogP contribution in [0.1, 0.15) is 33.6 Å². The molecule has 0 bridgehead atoms. The normalized spacial score (nSPS) is 12.1. The smallest absolute Gasteiger partial charge is 0.188 e. The minimum atomic E-state index is 0.547. The molecule has 0 radical (unpaired) electrons. The fourth-order valence-electron chi connectivity index (χ4n) is 1.63. The van der Waals surface area contributed by atoms with E-state index in [1.165, 1.54) is 0 Å². The molecule has 0 amide bonds. The molecule has 0 fully saturated rings. The molecule has 0 atom stereocenters. The summed E-state index contributed by atoms with van der Waals surface area (Å²) in [6.45, 7) is 12.8. The van der Waals surface area contributed by atoms with E-state index in [9.17, 15) is 0 Å². The molecule has 5 nitrogen and oxygen atoms in total. The molecule has 0 aromatic rings.